The van der Waals surface area contributed by atoms with Crippen LogP contribution in [0.2, 0.25) is 0 Å². The van der Waals surface area contributed by atoms with Gasteiger partial charge in [-0.15, -0.1) is 11.3 Å². The molecule has 0 bridgehead atoms. The fourth-order valence-electron chi connectivity index (χ4n) is 2.04. The van der Waals surface area contributed by atoms with Gasteiger partial charge in [0.2, 0.25) is 5.91 Å². The predicted octanol–water partition coefficient (Wildman–Crippen LogP) is 1.30. The van der Waals surface area contributed by atoms with Crippen LogP contribution in [-0.2, 0) is 9.59 Å². The summed E-state index contributed by atoms with van der Waals surface area (Å²) in [6, 6.07) is 10.3. The Balaban J connectivity index is 1.54. The number of hydrogen-bond donors (Lipinski definition) is 3. The van der Waals surface area contributed by atoms with E-state index >= 15 is 0 Å². The van der Waals surface area contributed by atoms with Gasteiger partial charge in [-0.05, 0) is 23.6 Å². The standard InChI is InChI=1S/C15H13N3O4S/c19-13(17-18-15(21)12-6-3-7-23-12)8-11-14(20)16-9-4-1-2-5-10(9)22-11/h1-7,11H,8H2,(H,16,20)(H,17,19)(H,18,21)/t11-/m1/s1. The number of thiophene rings is 1. The molecule has 8 heteroatoms. The van der Waals surface area contributed by atoms with Crippen molar-refractivity contribution in [2.75, 3.05) is 5.32 Å². The van der Waals surface area contributed by atoms with Gasteiger partial charge < -0.3 is 10.1 Å². The van der Waals surface area contributed by atoms with Crippen LogP contribution in [0.4, 0.5) is 5.69 Å². The fourth-order valence-corrected chi connectivity index (χ4v) is 2.66. The Hall–Kier alpha value is -2.87. The third-order valence-electron chi connectivity index (χ3n) is 3.14. The highest BCUT2D eigenvalue weighted by atomic mass is 32.1. The van der Waals surface area contributed by atoms with Gasteiger partial charge in [-0.25, -0.2) is 0 Å². The van der Waals surface area contributed by atoms with Crippen LogP contribution in [-0.4, -0.2) is 23.8 Å². The number of amides is 3. The molecule has 0 saturated carbocycles. The molecule has 1 atom stereocenters. The summed E-state index contributed by atoms with van der Waals surface area (Å²) in [7, 11) is 0. The molecule has 1 aliphatic heterocycles. The summed E-state index contributed by atoms with van der Waals surface area (Å²) in [6.45, 7) is 0. The molecule has 2 heterocycles. The van der Waals surface area contributed by atoms with Gasteiger partial charge in [-0.3, -0.25) is 25.2 Å². The molecular weight excluding hydrogens is 318 g/mol. The highest BCUT2D eigenvalue weighted by Crippen LogP contribution is 2.29. The van der Waals surface area contributed by atoms with Gasteiger partial charge in [0.25, 0.3) is 11.8 Å². The Morgan fingerprint density at radius 3 is 2.78 bits per heavy atom. The van der Waals surface area contributed by atoms with Gasteiger partial charge in [-0.1, -0.05) is 18.2 Å². The number of rotatable bonds is 3. The lowest BCUT2D eigenvalue weighted by molar-refractivity contribution is -0.130. The molecule has 1 aromatic heterocycles. The summed E-state index contributed by atoms with van der Waals surface area (Å²) >= 11 is 1.26. The maximum absolute atomic E-state index is 11.9. The first-order valence-electron chi connectivity index (χ1n) is 6.83. The number of carbonyl (C=O) groups is 3. The van der Waals surface area contributed by atoms with Crippen LogP contribution < -0.4 is 20.9 Å². The Labute approximate surface area is 135 Å². The Morgan fingerprint density at radius 1 is 1.17 bits per heavy atom. The second kappa shape index (κ2) is 6.49. The largest absolute Gasteiger partial charge is 0.478 e. The van der Waals surface area contributed by atoms with E-state index in [-0.39, 0.29) is 6.42 Å². The van der Waals surface area contributed by atoms with Crippen molar-refractivity contribution in [2.24, 2.45) is 0 Å². The zero-order valence-corrected chi connectivity index (χ0v) is 12.7. The molecule has 0 aliphatic carbocycles. The predicted molar refractivity (Wildman–Crippen MR) is 84.0 cm³/mol. The molecule has 1 aromatic carbocycles. The number of ether oxygens (including phenoxy) is 1. The van der Waals surface area contributed by atoms with Crippen LogP contribution >= 0.6 is 11.3 Å². The number of anilines is 1. The normalized spacial score (nSPS) is 15.8. The number of para-hydroxylation sites is 2. The summed E-state index contributed by atoms with van der Waals surface area (Å²) in [6.07, 6.45) is -1.14. The van der Waals surface area contributed by atoms with E-state index in [9.17, 15) is 14.4 Å². The zero-order chi connectivity index (χ0) is 16.2. The van der Waals surface area contributed by atoms with Gasteiger partial charge in [-0.2, -0.15) is 0 Å². The number of carbonyl (C=O) groups excluding carboxylic acids is 3. The molecule has 3 N–H and O–H groups in total. The summed E-state index contributed by atoms with van der Waals surface area (Å²) in [5.41, 5.74) is 5.13. The van der Waals surface area contributed by atoms with Gasteiger partial charge in [0.15, 0.2) is 6.10 Å². The van der Waals surface area contributed by atoms with E-state index in [0.717, 1.165) is 0 Å². The SMILES string of the molecule is O=C(C[C@H]1Oc2ccccc2NC1=O)NNC(=O)c1cccs1. The quantitative estimate of drug-likeness (QED) is 0.739. The maximum atomic E-state index is 11.9. The molecular formula is C15H13N3O4S. The fraction of sp³-hybridized carbons (Fsp3) is 0.133. The van der Waals surface area contributed by atoms with Crippen LogP contribution in [0.15, 0.2) is 41.8 Å². The minimum atomic E-state index is -0.941. The third-order valence-corrected chi connectivity index (χ3v) is 4.01. The van der Waals surface area contributed by atoms with E-state index in [1.165, 1.54) is 11.3 Å². The topological polar surface area (TPSA) is 96.5 Å². The van der Waals surface area contributed by atoms with E-state index in [1.807, 2.05) is 0 Å². The van der Waals surface area contributed by atoms with E-state index in [4.69, 9.17) is 4.74 Å². The number of fused-ring (bicyclic) bond motifs is 1. The van der Waals surface area contributed by atoms with Crippen LogP contribution in [0.5, 0.6) is 5.75 Å². The summed E-state index contributed by atoms with van der Waals surface area (Å²) in [4.78, 5) is 36.0. The average Bonchev–Trinajstić information content (AvgIpc) is 3.08. The molecule has 1 aliphatic rings. The average molecular weight is 331 g/mol. The van der Waals surface area contributed by atoms with Crippen LogP contribution in [0, 0.1) is 0 Å². The number of hydrogen-bond acceptors (Lipinski definition) is 5. The Bertz CT molecular complexity index is 745. The number of benzene rings is 1. The molecule has 7 nitrogen and oxygen atoms in total. The molecule has 0 radical (unpaired) electrons. The Morgan fingerprint density at radius 2 is 2.00 bits per heavy atom. The van der Waals surface area contributed by atoms with Crippen molar-refractivity contribution in [2.45, 2.75) is 12.5 Å². The molecule has 23 heavy (non-hydrogen) atoms. The first kappa shape index (κ1) is 15.0. The molecule has 3 rings (SSSR count). The van der Waals surface area contributed by atoms with Crippen LogP contribution in [0.1, 0.15) is 16.1 Å². The van der Waals surface area contributed by atoms with E-state index < -0.39 is 23.8 Å². The summed E-state index contributed by atoms with van der Waals surface area (Å²) in [5, 5.41) is 4.43. The van der Waals surface area contributed by atoms with Crippen LogP contribution in [0.25, 0.3) is 0 Å². The van der Waals surface area contributed by atoms with Crippen molar-refractivity contribution in [3.63, 3.8) is 0 Å². The number of nitrogens with one attached hydrogen (secondary N) is 3. The lowest BCUT2D eigenvalue weighted by atomic mass is 10.1. The van der Waals surface area contributed by atoms with Crippen molar-refractivity contribution in [3.8, 4) is 5.75 Å². The Kier molecular flexibility index (Phi) is 4.24. The minimum absolute atomic E-state index is 0.203. The van der Waals surface area contributed by atoms with E-state index in [0.29, 0.717) is 16.3 Å². The van der Waals surface area contributed by atoms with Crippen molar-refractivity contribution in [3.05, 3.63) is 46.7 Å². The second-order valence-corrected chi connectivity index (χ2v) is 5.72. The molecule has 118 valence electrons. The lowest BCUT2D eigenvalue weighted by Crippen LogP contribution is -2.46. The third kappa shape index (κ3) is 3.49. The first-order chi connectivity index (χ1) is 11.1. The zero-order valence-electron chi connectivity index (χ0n) is 11.9. The van der Waals surface area contributed by atoms with Gasteiger partial charge in [0, 0.05) is 0 Å². The van der Waals surface area contributed by atoms with Crippen molar-refractivity contribution in [1.82, 2.24) is 10.9 Å². The minimum Gasteiger partial charge on any atom is -0.478 e. The number of hydrazine groups is 1. The first-order valence-corrected chi connectivity index (χ1v) is 7.70. The summed E-state index contributed by atoms with van der Waals surface area (Å²) in [5.74, 6) is -0.821. The van der Waals surface area contributed by atoms with Gasteiger partial charge in [0.05, 0.1) is 17.0 Å². The molecule has 0 saturated heterocycles. The van der Waals surface area contributed by atoms with Crippen molar-refractivity contribution in [1.29, 1.82) is 0 Å². The highest BCUT2D eigenvalue weighted by Gasteiger charge is 2.29. The molecule has 0 unspecified atom stereocenters. The van der Waals surface area contributed by atoms with Gasteiger partial charge >= 0.3 is 0 Å². The molecule has 3 amide bonds. The highest BCUT2D eigenvalue weighted by molar-refractivity contribution is 7.12. The maximum Gasteiger partial charge on any atom is 0.279 e. The van der Waals surface area contributed by atoms with E-state index in [1.54, 1.807) is 41.8 Å². The summed E-state index contributed by atoms with van der Waals surface area (Å²) < 4.78 is 5.51. The molecule has 0 fully saturated rings. The van der Waals surface area contributed by atoms with Crippen LogP contribution in [0.3, 0.4) is 0 Å². The van der Waals surface area contributed by atoms with Crippen molar-refractivity contribution < 1.29 is 19.1 Å². The molecule has 2 aromatic rings. The van der Waals surface area contributed by atoms with Gasteiger partial charge in [0.1, 0.15) is 5.75 Å². The van der Waals surface area contributed by atoms with Crippen molar-refractivity contribution >= 4 is 34.7 Å². The monoisotopic (exact) mass is 331 g/mol. The smallest absolute Gasteiger partial charge is 0.279 e. The molecule has 0 spiro atoms. The second-order valence-electron chi connectivity index (χ2n) is 4.78. The van der Waals surface area contributed by atoms with E-state index in [2.05, 4.69) is 16.2 Å². The lowest BCUT2D eigenvalue weighted by Gasteiger charge is -2.25.